The Morgan fingerprint density at radius 2 is 1.70 bits per heavy atom. The molecule has 0 unspecified atom stereocenters. The van der Waals surface area contributed by atoms with Gasteiger partial charge in [0.15, 0.2) is 5.16 Å². The van der Waals surface area contributed by atoms with Crippen LogP contribution in [0.4, 0.5) is 15.8 Å². The number of nitrogens with one attached hydrogen (secondary N) is 2. The molecule has 0 saturated carbocycles. The van der Waals surface area contributed by atoms with Gasteiger partial charge in [0.2, 0.25) is 10.9 Å². The summed E-state index contributed by atoms with van der Waals surface area (Å²) in [5.41, 5.74) is 2.13. The van der Waals surface area contributed by atoms with Gasteiger partial charge in [-0.05, 0) is 48.5 Å². The van der Waals surface area contributed by atoms with E-state index in [9.17, 15) is 14.0 Å². The van der Waals surface area contributed by atoms with E-state index in [1.54, 1.807) is 24.3 Å². The Morgan fingerprint density at radius 1 is 0.939 bits per heavy atom. The van der Waals surface area contributed by atoms with Crippen LogP contribution < -0.4 is 10.6 Å². The summed E-state index contributed by atoms with van der Waals surface area (Å²) in [6.45, 7) is 0. The number of benzene rings is 3. The third-order valence-corrected chi connectivity index (χ3v) is 6.73. The number of anilines is 2. The fourth-order valence-corrected chi connectivity index (χ4v) is 5.05. The summed E-state index contributed by atoms with van der Waals surface area (Å²) in [5, 5.41) is 14.5. The van der Waals surface area contributed by atoms with Crippen LogP contribution >= 0.6 is 23.1 Å². The lowest BCUT2D eigenvalue weighted by molar-refractivity contribution is -0.113. The second-order valence-corrected chi connectivity index (χ2v) is 8.97. The third kappa shape index (κ3) is 4.43. The van der Waals surface area contributed by atoms with Gasteiger partial charge in [-0.25, -0.2) is 4.39 Å². The molecule has 0 saturated heterocycles. The van der Waals surface area contributed by atoms with Crippen molar-refractivity contribution in [2.24, 2.45) is 0 Å². The van der Waals surface area contributed by atoms with Crippen molar-refractivity contribution in [3.05, 3.63) is 84.2 Å². The van der Waals surface area contributed by atoms with Gasteiger partial charge in [0.05, 0.1) is 27.2 Å². The number of thioether (sulfide) groups is 1. The minimum atomic E-state index is -0.408. The van der Waals surface area contributed by atoms with Crippen molar-refractivity contribution >= 4 is 61.5 Å². The predicted molar refractivity (Wildman–Crippen MR) is 129 cm³/mol. The zero-order valence-corrected chi connectivity index (χ0v) is 18.6. The second kappa shape index (κ2) is 9.00. The van der Waals surface area contributed by atoms with Crippen LogP contribution in [-0.2, 0) is 4.79 Å². The van der Waals surface area contributed by atoms with Crippen molar-refractivity contribution in [3.63, 3.8) is 0 Å². The lowest BCUT2D eigenvalue weighted by atomic mass is 10.1. The standard InChI is InChI=1S/C23H16FN5O2S2/c24-14-9-11-15(12-10-14)25-21(31)16-5-1-2-6-17(16)26-20(30)13-32-22-27-28-23-29(22)18-7-3-4-8-19(18)33-23/h1-12H,13H2,(H,25,31)(H,26,30). The molecule has 0 radical (unpaired) electrons. The third-order valence-electron chi connectivity index (χ3n) is 4.79. The molecule has 33 heavy (non-hydrogen) atoms. The molecular formula is C23H16FN5O2S2. The quantitative estimate of drug-likeness (QED) is 0.334. The average Bonchev–Trinajstić information content (AvgIpc) is 3.39. The Morgan fingerprint density at radius 3 is 2.55 bits per heavy atom. The molecule has 5 aromatic rings. The topological polar surface area (TPSA) is 88.4 Å². The minimum Gasteiger partial charge on any atom is -0.325 e. The average molecular weight is 478 g/mol. The zero-order chi connectivity index (χ0) is 22.8. The highest BCUT2D eigenvalue weighted by atomic mass is 32.2. The van der Waals surface area contributed by atoms with Gasteiger partial charge in [0.25, 0.3) is 5.91 Å². The first-order valence-corrected chi connectivity index (χ1v) is 11.7. The maximum absolute atomic E-state index is 13.1. The molecule has 2 aromatic heterocycles. The van der Waals surface area contributed by atoms with Crippen LogP contribution in [0, 0.1) is 5.82 Å². The van der Waals surface area contributed by atoms with E-state index in [2.05, 4.69) is 20.8 Å². The minimum absolute atomic E-state index is 0.0961. The van der Waals surface area contributed by atoms with E-state index in [1.807, 2.05) is 28.7 Å². The number of carbonyl (C=O) groups excluding carboxylic acids is 2. The summed E-state index contributed by atoms with van der Waals surface area (Å²) < 4.78 is 16.1. The van der Waals surface area contributed by atoms with Gasteiger partial charge in [-0.3, -0.25) is 14.0 Å². The maximum atomic E-state index is 13.1. The van der Waals surface area contributed by atoms with Gasteiger partial charge < -0.3 is 10.6 Å². The molecule has 164 valence electrons. The summed E-state index contributed by atoms with van der Waals surface area (Å²) >= 11 is 2.81. The van der Waals surface area contributed by atoms with Crippen molar-refractivity contribution < 1.29 is 14.0 Å². The SMILES string of the molecule is O=C(CSc1nnc2sc3ccccc3n12)Nc1ccccc1C(=O)Nc1ccc(F)cc1. The van der Waals surface area contributed by atoms with Crippen molar-refractivity contribution in [3.8, 4) is 0 Å². The highest BCUT2D eigenvalue weighted by molar-refractivity contribution is 7.99. The number of halogens is 1. The second-order valence-electron chi connectivity index (χ2n) is 7.01. The first kappa shape index (κ1) is 21.1. The number of fused-ring (bicyclic) bond motifs is 3. The Bertz CT molecular complexity index is 1480. The number of hydrogen-bond donors (Lipinski definition) is 2. The van der Waals surface area contributed by atoms with Crippen LogP contribution in [0.3, 0.4) is 0 Å². The normalized spacial score (nSPS) is 11.1. The van der Waals surface area contributed by atoms with Gasteiger partial charge >= 0.3 is 0 Å². The smallest absolute Gasteiger partial charge is 0.257 e. The number of aromatic nitrogens is 3. The van der Waals surface area contributed by atoms with Gasteiger partial charge in [-0.15, -0.1) is 10.2 Å². The highest BCUT2D eigenvalue weighted by Crippen LogP contribution is 2.29. The van der Waals surface area contributed by atoms with Crippen LogP contribution in [0.1, 0.15) is 10.4 Å². The van der Waals surface area contributed by atoms with E-state index in [0.717, 1.165) is 15.2 Å². The Hall–Kier alpha value is -3.76. The van der Waals surface area contributed by atoms with Gasteiger partial charge in [-0.2, -0.15) is 0 Å². The summed E-state index contributed by atoms with van der Waals surface area (Å²) in [6.07, 6.45) is 0. The number of hydrogen-bond acceptors (Lipinski definition) is 6. The predicted octanol–water partition coefficient (Wildman–Crippen LogP) is 5.07. The first-order chi connectivity index (χ1) is 16.1. The molecule has 0 aliphatic rings. The van der Waals surface area contributed by atoms with Crippen LogP contribution in [0.15, 0.2) is 78.0 Å². The maximum Gasteiger partial charge on any atom is 0.257 e. The molecule has 0 aliphatic heterocycles. The van der Waals surface area contributed by atoms with Crippen molar-refractivity contribution in [1.82, 2.24) is 14.6 Å². The number of para-hydroxylation sites is 2. The molecule has 0 aliphatic carbocycles. The monoisotopic (exact) mass is 477 g/mol. The van der Waals surface area contributed by atoms with Crippen molar-refractivity contribution in [2.75, 3.05) is 16.4 Å². The molecule has 2 amide bonds. The number of rotatable bonds is 6. The van der Waals surface area contributed by atoms with Crippen LogP contribution in [0.2, 0.25) is 0 Å². The fourth-order valence-electron chi connectivity index (χ4n) is 3.29. The van der Waals surface area contributed by atoms with E-state index in [4.69, 9.17) is 0 Å². The zero-order valence-electron chi connectivity index (χ0n) is 17.0. The number of nitrogens with zero attached hydrogens (tertiary/aromatic N) is 3. The lowest BCUT2D eigenvalue weighted by Crippen LogP contribution is -2.19. The first-order valence-electron chi connectivity index (χ1n) is 9.90. The summed E-state index contributed by atoms with van der Waals surface area (Å²) in [4.78, 5) is 26.1. The molecule has 2 heterocycles. The molecule has 0 fully saturated rings. The number of amides is 2. The van der Waals surface area contributed by atoms with Crippen LogP contribution in [-0.4, -0.2) is 32.2 Å². The van der Waals surface area contributed by atoms with Crippen molar-refractivity contribution in [1.29, 1.82) is 0 Å². The largest absolute Gasteiger partial charge is 0.325 e. The molecule has 7 nitrogen and oxygen atoms in total. The van der Waals surface area contributed by atoms with E-state index < -0.39 is 11.7 Å². The number of carbonyl (C=O) groups is 2. The summed E-state index contributed by atoms with van der Waals surface area (Å²) in [6, 6.07) is 20.1. The molecular weight excluding hydrogens is 461 g/mol. The van der Waals surface area contributed by atoms with Gasteiger partial charge in [-0.1, -0.05) is 47.4 Å². The molecule has 0 spiro atoms. The Labute approximate surface area is 195 Å². The van der Waals surface area contributed by atoms with Gasteiger partial charge in [0, 0.05) is 5.69 Å². The summed E-state index contributed by atoms with van der Waals surface area (Å²) in [5.74, 6) is -0.982. The molecule has 5 rings (SSSR count). The lowest BCUT2D eigenvalue weighted by Gasteiger charge is -2.11. The van der Waals surface area contributed by atoms with Gasteiger partial charge in [0.1, 0.15) is 5.82 Å². The summed E-state index contributed by atoms with van der Waals surface area (Å²) in [7, 11) is 0. The fraction of sp³-hybridized carbons (Fsp3) is 0.0435. The van der Waals surface area contributed by atoms with Crippen LogP contribution in [0.25, 0.3) is 15.2 Å². The molecule has 10 heteroatoms. The van der Waals surface area contributed by atoms with E-state index in [1.165, 1.54) is 47.4 Å². The van der Waals surface area contributed by atoms with E-state index >= 15 is 0 Å². The van der Waals surface area contributed by atoms with E-state index in [-0.39, 0.29) is 11.7 Å². The molecule has 0 atom stereocenters. The molecule has 2 N–H and O–H groups in total. The molecule has 0 bridgehead atoms. The number of thiazole rings is 1. The Balaban J connectivity index is 1.28. The Kier molecular flexibility index (Phi) is 5.76. The highest BCUT2D eigenvalue weighted by Gasteiger charge is 2.16. The molecule has 3 aromatic carbocycles. The van der Waals surface area contributed by atoms with E-state index in [0.29, 0.717) is 22.1 Å². The van der Waals surface area contributed by atoms with Crippen molar-refractivity contribution in [2.45, 2.75) is 5.16 Å². The van der Waals surface area contributed by atoms with Crippen LogP contribution in [0.5, 0.6) is 0 Å².